The lowest BCUT2D eigenvalue weighted by Crippen LogP contribution is -2.34. The quantitative estimate of drug-likeness (QED) is 0.860. The number of aromatic nitrogens is 2. The maximum Gasteiger partial charge on any atom is 0.315 e. The fourth-order valence-corrected chi connectivity index (χ4v) is 3.53. The first kappa shape index (κ1) is 17.7. The molecule has 0 bridgehead atoms. The van der Waals surface area contributed by atoms with Gasteiger partial charge in [0.1, 0.15) is 5.82 Å². The molecule has 0 aliphatic carbocycles. The molecule has 2 aromatic heterocycles. The van der Waals surface area contributed by atoms with Gasteiger partial charge in [-0.15, -0.1) is 11.3 Å². The number of hydrogen-bond acceptors (Lipinski definition) is 5. The number of thiazole rings is 1. The number of amides is 2. The van der Waals surface area contributed by atoms with Gasteiger partial charge in [0, 0.05) is 31.2 Å². The highest BCUT2D eigenvalue weighted by Crippen LogP contribution is 2.17. The largest absolute Gasteiger partial charge is 0.357 e. The minimum atomic E-state index is -0.192. The number of nitrogens with one attached hydrogen (secondary N) is 2. The van der Waals surface area contributed by atoms with E-state index in [0.29, 0.717) is 13.1 Å². The Kier molecular flexibility index (Phi) is 6.22. The summed E-state index contributed by atoms with van der Waals surface area (Å²) >= 11 is 1.59. The SMILES string of the molecule is Cc1nc(CNC(=O)NCc2ccc(N3CCCCCC3)nc2)cs1. The van der Waals surface area contributed by atoms with Gasteiger partial charge in [0.05, 0.1) is 17.2 Å². The Morgan fingerprint density at radius 3 is 2.56 bits per heavy atom. The number of aryl methyl sites for hydroxylation is 1. The molecule has 0 atom stereocenters. The zero-order valence-corrected chi connectivity index (χ0v) is 15.4. The Hall–Kier alpha value is -2.15. The molecule has 2 N–H and O–H groups in total. The number of carbonyl (C=O) groups is 1. The number of pyridine rings is 1. The molecule has 134 valence electrons. The zero-order chi connectivity index (χ0) is 17.5. The van der Waals surface area contributed by atoms with Crippen molar-refractivity contribution in [2.24, 2.45) is 0 Å². The van der Waals surface area contributed by atoms with Crippen LogP contribution in [0.5, 0.6) is 0 Å². The van der Waals surface area contributed by atoms with Crippen LogP contribution in [0.1, 0.15) is 41.9 Å². The van der Waals surface area contributed by atoms with Gasteiger partial charge in [0.15, 0.2) is 0 Å². The van der Waals surface area contributed by atoms with Crippen LogP contribution in [0.15, 0.2) is 23.7 Å². The van der Waals surface area contributed by atoms with Crippen molar-refractivity contribution in [2.75, 3.05) is 18.0 Å². The fourth-order valence-electron chi connectivity index (χ4n) is 2.91. The van der Waals surface area contributed by atoms with Crippen LogP contribution < -0.4 is 15.5 Å². The van der Waals surface area contributed by atoms with E-state index in [1.54, 1.807) is 11.3 Å². The molecule has 0 saturated carbocycles. The molecule has 2 amide bonds. The summed E-state index contributed by atoms with van der Waals surface area (Å²) in [5.41, 5.74) is 1.89. The minimum absolute atomic E-state index is 0.192. The van der Waals surface area contributed by atoms with Gasteiger partial charge in [-0.2, -0.15) is 0 Å². The third-order valence-corrected chi connectivity index (χ3v) is 5.11. The molecule has 3 heterocycles. The molecule has 6 nitrogen and oxygen atoms in total. The first-order valence-corrected chi connectivity index (χ1v) is 9.71. The number of hydrogen-bond donors (Lipinski definition) is 2. The molecule has 0 unspecified atom stereocenters. The summed E-state index contributed by atoms with van der Waals surface area (Å²) in [6.45, 7) is 5.04. The summed E-state index contributed by atoms with van der Waals surface area (Å²) in [7, 11) is 0. The summed E-state index contributed by atoms with van der Waals surface area (Å²) in [6.07, 6.45) is 6.96. The van der Waals surface area contributed by atoms with Crippen molar-refractivity contribution in [3.05, 3.63) is 40.0 Å². The summed E-state index contributed by atoms with van der Waals surface area (Å²) < 4.78 is 0. The molecule has 1 saturated heterocycles. The highest BCUT2D eigenvalue weighted by atomic mass is 32.1. The molecule has 1 fully saturated rings. The maximum atomic E-state index is 11.9. The third kappa shape index (κ3) is 5.42. The van der Waals surface area contributed by atoms with E-state index in [2.05, 4.69) is 31.6 Å². The smallest absolute Gasteiger partial charge is 0.315 e. The van der Waals surface area contributed by atoms with E-state index >= 15 is 0 Å². The molecule has 7 heteroatoms. The van der Waals surface area contributed by atoms with Crippen molar-refractivity contribution >= 4 is 23.2 Å². The van der Waals surface area contributed by atoms with Gasteiger partial charge in [-0.1, -0.05) is 18.9 Å². The monoisotopic (exact) mass is 359 g/mol. The molecule has 1 aliphatic heterocycles. The highest BCUT2D eigenvalue weighted by Gasteiger charge is 2.11. The molecule has 2 aromatic rings. The van der Waals surface area contributed by atoms with E-state index in [1.807, 2.05) is 24.6 Å². The lowest BCUT2D eigenvalue weighted by atomic mass is 10.2. The minimum Gasteiger partial charge on any atom is -0.357 e. The Morgan fingerprint density at radius 1 is 1.16 bits per heavy atom. The molecule has 0 radical (unpaired) electrons. The van der Waals surface area contributed by atoms with Gasteiger partial charge in [0.2, 0.25) is 0 Å². The summed E-state index contributed by atoms with van der Waals surface area (Å²) in [5.74, 6) is 1.04. The van der Waals surface area contributed by atoms with E-state index in [-0.39, 0.29) is 6.03 Å². The molecular formula is C18H25N5OS. The van der Waals surface area contributed by atoms with E-state index in [1.165, 1.54) is 25.7 Å². The van der Waals surface area contributed by atoms with Gasteiger partial charge in [0.25, 0.3) is 0 Å². The van der Waals surface area contributed by atoms with E-state index < -0.39 is 0 Å². The zero-order valence-electron chi connectivity index (χ0n) is 14.6. The average Bonchev–Trinajstić information content (AvgIpc) is 2.87. The number of urea groups is 1. The van der Waals surface area contributed by atoms with Crippen molar-refractivity contribution in [3.8, 4) is 0 Å². The van der Waals surface area contributed by atoms with Gasteiger partial charge >= 0.3 is 6.03 Å². The molecule has 0 aromatic carbocycles. The van der Waals surface area contributed by atoms with Crippen molar-refractivity contribution < 1.29 is 4.79 Å². The summed E-state index contributed by atoms with van der Waals surface area (Å²) in [6, 6.07) is 3.90. The van der Waals surface area contributed by atoms with Crippen LogP contribution in [0, 0.1) is 6.92 Å². The van der Waals surface area contributed by atoms with Crippen molar-refractivity contribution in [1.29, 1.82) is 0 Å². The van der Waals surface area contributed by atoms with Gasteiger partial charge in [-0.3, -0.25) is 0 Å². The maximum absolute atomic E-state index is 11.9. The normalized spacial score (nSPS) is 14.8. The second-order valence-electron chi connectivity index (χ2n) is 6.32. The highest BCUT2D eigenvalue weighted by molar-refractivity contribution is 7.09. The van der Waals surface area contributed by atoms with Crippen LogP contribution in [-0.4, -0.2) is 29.1 Å². The van der Waals surface area contributed by atoms with Crippen molar-refractivity contribution in [2.45, 2.75) is 45.7 Å². The second kappa shape index (κ2) is 8.80. The Labute approximate surface area is 152 Å². The van der Waals surface area contributed by atoms with Crippen LogP contribution >= 0.6 is 11.3 Å². The fraction of sp³-hybridized carbons (Fsp3) is 0.500. The van der Waals surface area contributed by atoms with Crippen LogP contribution in [0.3, 0.4) is 0 Å². The van der Waals surface area contributed by atoms with Gasteiger partial charge < -0.3 is 15.5 Å². The Balaban J connectivity index is 1.44. The van der Waals surface area contributed by atoms with Crippen molar-refractivity contribution in [3.63, 3.8) is 0 Å². The lowest BCUT2D eigenvalue weighted by Gasteiger charge is -2.21. The number of nitrogens with zero attached hydrogens (tertiary/aromatic N) is 3. The number of carbonyl (C=O) groups excluding carboxylic acids is 1. The topological polar surface area (TPSA) is 70.2 Å². The Bertz CT molecular complexity index is 677. The molecule has 25 heavy (non-hydrogen) atoms. The van der Waals surface area contributed by atoms with E-state index in [9.17, 15) is 4.79 Å². The average molecular weight is 359 g/mol. The van der Waals surface area contributed by atoms with Crippen LogP contribution in [-0.2, 0) is 13.1 Å². The van der Waals surface area contributed by atoms with Crippen LogP contribution in [0.2, 0.25) is 0 Å². The number of anilines is 1. The lowest BCUT2D eigenvalue weighted by molar-refractivity contribution is 0.240. The van der Waals surface area contributed by atoms with Crippen LogP contribution in [0.25, 0.3) is 0 Å². The van der Waals surface area contributed by atoms with Gasteiger partial charge in [-0.05, 0) is 31.4 Å². The first-order chi connectivity index (χ1) is 12.2. The molecule has 3 rings (SSSR count). The third-order valence-electron chi connectivity index (χ3n) is 4.29. The second-order valence-corrected chi connectivity index (χ2v) is 7.38. The summed E-state index contributed by atoms with van der Waals surface area (Å²) in [4.78, 5) is 23.1. The van der Waals surface area contributed by atoms with E-state index in [4.69, 9.17) is 0 Å². The Morgan fingerprint density at radius 2 is 1.92 bits per heavy atom. The number of rotatable bonds is 5. The van der Waals surface area contributed by atoms with Gasteiger partial charge in [-0.25, -0.2) is 14.8 Å². The predicted octanol–water partition coefficient (Wildman–Crippen LogP) is 3.23. The summed E-state index contributed by atoms with van der Waals surface area (Å²) in [5, 5.41) is 8.64. The molecule has 1 aliphatic rings. The van der Waals surface area contributed by atoms with E-state index in [0.717, 1.165) is 35.2 Å². The molecular weight excluding hydrogens is 334 g/mol. The predicted molar refractivity (Wildman–Crippen MR) is 101 cm³/mol. The van der Waals surface area contributed by atoms with Crippen molar-refractivity contribution in [1.82, 2.24) is 20.6 Å². The standard InChI is InChI=1S/C18H25N5OS/c1-14-22-16(13-25-14)12-21-18(24)20-11-15-6-7-17(19-10-15)23-8-4-2-3-5-9-23/h6-7,10,13H,2-5,8-9,11-12H2,1H3,(H2,20,21,24). The molecule has 0 spiro atoms. The first-order valence-electron chi connectivity index (χ1n) is 8.83. The van der Waals surface area contributed by atoms with Crippen LogP contribution in [0.4, 0.5) is 10.6 Å².